The molecular formula is C19H24N3O2P. The Morgan fingerprint density at radius 1 is 1.08 bits per heavy atom. The second-order valence-electron chi connectivity index (χ2n) is 6.37. The lowest BCUT2D eigenvalue weighted by Crippen LogP contribution is -2.35. The minimum absolute atomic E-state index is 0.166. The lowest BCUT2D eigenvalue weighted by Gasteiger charge is -2.27. The van der Waals surface area contributed by atoms with Crippen LogP contribution in [0.1, 0.15) is 18.4 Å². The van der Waals surface area contributed by atoms with Crippen molar-refractivity contribution in [3.63, 3.8) is 0 Å². The van der Waals surface area contributed by atoms with Gasteiger partial charge in [-0.3, -0.25) is 4.90 Å². The van der Waals surface area contributed by atoms with Gasteiger partial charge in [0.1, 0.15) is 7.80 Å². The molecule has 2 amide bonds. The third kappa shape index (κ3) is 3.78. The summed E-state index contributed by atoms with van der Waals surface area (Å²) in [6.07, 6.45) is 1.79. The van der Waals surface area contributed by atoms with Crippen molar-refractivity contribution in [1.82, 2.24) is 5.32 Å². The highest BCUT2D eigenvalue weighted by Crippen LogP contribution is 2.38. The molecule has 1 aliphatic heterocycles. The quantitative estimate of drug-likeness (QED) is 0.826. The molecule has 5 nitrogen and oxygen atoms in total. The molecule has 3 rings (SSSR count). The maximum Gasteiger partial charge on any atom is 0.323 e. The molecule has 1 aliphatic rings. The fourth-order valence-corrected chi connectivity index (χ4v) is 5.32. The van der Waals surface area contributed by atoms with Crippen LogP contribution in [0.15, 0.2) is 48.5 Å². The zero-order valence-electron chi connectivity index (χ0n) is 14.4. The average Bonchev–Trinajstić information content (AvgIpc) is 2.64. The van der Waals surface area contributed by atoms with Gasteiger partial charge in [0.2, 0.25) is 0 Å². The number of carbonyl (C=O) groups is 1. The molecule has 3 N–H and O–H groups in total. The number of urea groups is 1. The first-order chi connectivity index (χ1) is 12.1. The first kappa shape index (κ1) is 17.7. The summed E-state index contributed by atoms with van der Waals surface area (Å²) in [5, 5.41) is 4.04. The van der Waals surface area contributed by atoms with Gasteiger partial charge in [-0.1, -0.05) is 30.3 Å². The van der Waals surface area contributed by atoms with Crippen LogP contribution in [0, 0.1) is 6.92 Å². The van der Waals surface area contributed by atoms with Gasteiger partial charge in [0.15, 0.2) is 0 Å². The van der Waals surface area contributed by atoms with E-state index in [4.69, 9.17) is 5.73 Å². The standard InChI is InChI=1S/C19H24N3O2P/c1-14-6-2-3-7-16(14)22(19(20)23)17-8-4-5-9-18(17)25(24)15-10-12-21-13-11-15/h2-9,15,21,25H,10-13H2,1H3,(H2,20,23). The second kappa shape index (κ2) is 7.85. The Morgan fingerprint density at radius 3 is 2.32 bits per heavy atom. The van der Waals surface area contributed by atoms with Crippen LogP contribution in [0.5, 0.6) is 0 Å². The predicted octanol–water partition coefficient (Wildman–Crippen LogP) is 3.15. The third-order valence-electron chi connectivity index (χ3n) is 4.70. The molecular weight excluding hydrogens is 333 g/mol. The van der Waals surface area contributed by atoms with Crippen molar-refractivity contribution in [1.29, 1.82) is 0 Å². The van der Waals surface area contributed by atoms with Gasteiger partial charge in [0.05, 0.1) is 11.4 Å². The minimum atomic E-state index is -2.03. The molecule has 0 aromatic heterocycles. The number of hydrogen-bond donors (Lipinski definition) is 2. The molecule has 0 aliphatic carbocycles. The number of para-hydroxylation sites is 2. The van der Waals surface area contributed by atoms with Crippen molar-refractivity contribution < 1.29 is 9.36 Å². The molecule has 0 spiro atoms. The van der Waals surface area contributed by atoms with Crippen LogP contribution < -0.4 is 21.3 Å². The van der Waals surface area contributed by atoms with Gasteiger partial charge >= 0.3 is 6.03 Å². The smallest absolute Gasteiger partial charge is 0.323 e. The van der Waals surface area contributed by atoms with E-state index >= 15 is 0 Å². The molecule has 132 valence electrons. The van der Waals surface area contributed by atoms with Gasteiger partial charge < -0.3 is 15.6 Å². The number of rotatable bonds is 4. The number of amides is 2. The van der Waals surface area contributed by atoms with E-state index < -0.39 is 13.8 Å². The number of carbonyl (C=O) groups excluding carboxylic acids is 1. The molecule has 2 aromatic carbocycles. The van der Waals surface area contributed by atoms with E-state index in [-0.39, 0.29) is 5.66 Å². The average molecular weight is 357 g/mol. The van der Waals surface area contributed by atoms with Gasteiger partial charge in [0, 0.05) is 11.0 Å². The van der Waals surface area contributed by atoms with Crippen molar-refractivity contribution in [2.45, 2.75) is 25.4 Å². The summed E-state index contributed by atoms with van der Waals surface area (Å²) < 4.78 is 13.2. The molecule has 1 unspecified atom stereocenters. The highest BCUT2D eigenvalue weighted by Gasteiger charge is 2.26. The number of benzene rings is 2. The van der Waals surface area contributed by atoms with Gasteiger partial charge in [-0.15, -0.1) is 0 Å². The first-order valence-corrected chi connectivity index (χ1v) is 10.1. The summed E-state index contributed by atoms with van der Waals surface area (Å²) in [5.41, 5.74) is 8.17. The summed E-state index contributed by atoms with van der Waals surface area (Å²) in [6.45, 7) is 3.71. The molecule has 0 bridgehead atoms. The van der Waals surface area contributed by atoms with Crippen molar-refractivity contribution in [2.75, 3.05) is 18.0 Å². The number of piperidine rings is 1. The molecule has 1 fully saturated rings. The molecule has 1 atom stereocenters. The molecule has 6 heteroatoms. The van der Waals surface area contributed by atoms with Crippen molar-refractivity contribution in [2.24, 2.45) is 5.73 Å². The summed E-state index contributed by atoms with van der Waals surface area (Å²) in [5.74, 6) is 0. The van der Waals surface area contributed by atoms with E-state index in [9.17, 15) is 9.36 Å². The molecule has 2 aromatic rings. The van der Waals surface area contributed by atoms with E-state index in [0.717, 1.165) is 42.5 Å². The lowest BCUT2D eigenvalue weighted by molar-refractivity contribution is 0.256. The van der Waals surface area contributed by atoms with E-state index in [1.54, 1.807) is 0 Å². The third-order valence-corrected chi connectivity index (χ3v) is 6.97. The Bertz CT molecular complexity index is 788. The molecule has 0 saturated carbocycles. The summed E-state index contributed by atoms with van der Waals surface area (Å²) in [4.78, 5) is 13.7. The Morgan fingerprint density at radius 2 is 1.68 bits per heavy atom. The highest BCUT2D eigenvalue weighted by molar-refractivity contribution is 7.54. The zero-order chi connectivity index (χ0) is 17.8. The van der Waals surface area contributed by atoms with Crippen LogP contribution in [-0.4, -0.2) is 24.8 Å². The summed E-state index contributed by atoms with van der Waals surface area (Å²) in [7, 11) is -2.03. The molecule has 1 heterocycles. The van der Waals surface area contributed by atoms with Crippen LogP contribution in [0.2, 0.25) is 0 Å². The predicted molar refractivity (Wildman–Crippen MR) is 104 cm³/mol. The minimum Gasteiger partial charge on any atom is -0.351 e. The zero-order valence-corrected chi connectivity index (χ0v) is 15.4. The number of nitrogens with two attached hydrogens (primary N) is 1. The van der Waals surface area contributed by atoms with E-state index in [1.165, 1.54) is 4.90 Å². The van der Waals surface area contributed by atoms with Gasteiger partial charge in [-0.05, 0) is 56.6 Å². The Kier molecular flexibility index (Phi) is 5.57. The first-order valence-electron chi connectivity index (χ1n) is 8.58. The number of nitrogens with zero attached hydrogens (tertiary/aromatic N) is 1. The Hall–Kier alpha value is -2.10. The van der Waals surface area contributed by atoms with E-state index in [1.807, 2.05) is 55.5 Å². The Balaban J connectivity index is 2.05. The van der Waals surface area contributed by atoms with Gasteiger partial charge in [-0.2, -0.15) is 0 Å². The SMILES string of the molecule is Cc1ccccc1N(C(N)=O)c1ccccc1[PH](=O)C1CCNCC1. The van der Waals surface area contributed by atoms with Crippen LogP contribution >= 0.6 is 7.80 Å². The van der Waals surface area contributed by atoms with Gasteiger partial charge in [-0.25, -0.2) is 4.79 Å². The fraction of sp³-hybridized carbons (Fsp3) is 0.316. The summed E-state index contributed by atoms with van der Waals surface area (Å²) in [6, 6.07) is 14.4. The topological polar surface area (TPSA) is 75.4 Å². The second-order valence-corrected chi connectivity index (χ2v) is 8.45. The maximum absolute atomic E-state index is 13.2. The monoisotopic (exact) mass is 357 g/mol. The fourth-order valence-electron chi connectivity index (χ4n) is 3.36. The van der Waals surface area contributed by atoms with Crippen LogP contribution in [0.3, 0.4) is 0 Å². The largest absolute Gasteiger partial charge is 0.351 e. The molecule has 1 saturated heterocycles. The highest BCUT2D eigenvalue weighted by atomic mass is 31.1. The van der Waals surface area contributed by atoms with Gasteiger partial charge in [0.25, 0.3) is 0 Å². The van der Waals surface area contributed by atoms with Crippen molar-refractivity contribution >= 4 is 30.5 Å². The number of aryl methyl sites for hydroxylation is 1. The van der Waals surface area contributed by atoms with E-state index in [0.29, 0.717) is 5.69 Å². The number of hydrogen-bond acceptors (Lipinski definition) is 3. The van der Waals surface area contributed by atoms with Crippen molar-refractivity contribution in [3.05, 3.63) is 54.1 Å². The maximum atomic E-state index is 13.2. The molecule has 25 heavy (non-hydrogen) atoms. The number of primary amides is 1. The Labute approximate surface area is 149 Å². The summed E-state index contributed by atoms with van der Waals surface area (Å²) >= 11 is 0. The van der Waals surface area contributed by atoms with E-state index in [2.05, 4.69) is 5.32 Å². The van der Waals surface area contributed by atoms with Crippen LogP contribution in [-0.2, 0) is 4.57 Å². The number of anilines is 2. The molecule has 0 radical (unpaired) electrons. The van der Waals surface area contributed by atoms with Crippen molar-refractivity contribution in [3.8, 4) is 0 Å². The van der Waals surface area contributed by atoms with Crippen LogP contribution in [0.4, 0.5) is 16.2 Å². The normalized spacial score (nSPS) is 16.4. The lowest BCUT2D eigenvalue weighted by atomic mass is 10.1. The van der Waals surface area contributed by atoms with Crippen LogP contribution in [0.25, 0.3) is 0 Å². The number of nitrogens with one attached hydrogen (secondary N) is 1.